The van der Waals surface area contributed by atoms with Crippen LogP contribution in [0.2, 0.25) is 5.02 Å². The smallest absolute Gasteiger partial charge is 0.243 e. The predicted molar refractivity (Wildman–Crippen MR) is 82.7 cm³/mol. The van der Waals surface area contributed by atoms with Gasteiger partial charge in [-0.25, -0.2) is 4.39 Å². The molecule has 0 atom stereocenters. The fourth-order valence-corrected chi connectivity index (χ4v) is 2.16. The third-order valence-corrected chi connectivity index (χ3v) is 3.41. The number of rotatable bonds is 4. The van der Waals surface area contributed by atoms with Crippen molar-refractivity contribution in [3.63, 3.8) is 0 Å². The van der Waals surface area contributed by atoms with Gasteiger partial charge in [-0.2, -0.15) is 0 Å². The predicted octanol–water partition coefficient (Wildman–Crippen LogP) is 4.29. The number of halogens is 3. The number of carbonyl (C=O) groups excluding carboxylic acids is 1. The fraction of sp³-hybridized carbons (Fsp3) is 0.0714. The third-order valence-electron chi connectivity index (χ3n) is 2.50. The van der Waals surface area contributed by atoms with E-state index in [4.69, 9.17) is 11.6 Å². The van der Waals surface area contributed by atoms with E-state index in [-0.39, 0.29) is 18.3 Å². The van der Waals surface area contributed by atoms with Gasteiger partial charge in [-0.1, -0.05) is 11.6 Å². The molecule has 3 nitrogen and oxygen atoms in total. The second kappa shape index (κ2) is 6.72. The Morgan fingerprint density at radius 2 is 1.90 bits per heavy atom. The van der Waals surface area contributed by atoms with Crippen LogP contribution in [0, 0.1) is 5.82 Å². The molecule has 2 aromatic rings. The molecule has 0 aliphatic rings. The van der Waals surface area contributed by atoms with Crippen molar-refractivity contribution in [2.45, 2.75) is 0 Å². The zero-order valence-electron chi connectivity index (χ0n) is 10.3. The highest BCUT2D eigenvalue weighted by Crippen LogP contribution is 2.22. The van der Waals surface area contributed by atoms with E-state index in [2.05, 4.69) is 26.6 Å². The molecule has 6 heteroatoms. The van der Waals surface area contributed by atoms with Crippen LogP contribution in [0.15, 0.2) is 46.9 Å². The molecular weight excluding hydrogens is 347 g/mol. The molecule has 0 fully saturated rings. The molecule has 2 rings (SSSR count). The second-order valence-corrected chi connectivity index (χ2v) is 5.32. The lowest BCUT2D eigenvalue weighted by Gasteiger charge is -2.09. The van der Waals surface area contributed by atoms with Gasteiger partial charge in [0.15, 0.2) is 0 Å². The van der Waals surface area contributed by atoms with Gasteiger partial charge in [0.05, 0.1) is 6.54 Å². The quantitative estimate of drug-likeness (QED) is 0.857. The topological polar surface area (TPSA) is 41.1 Å². The Balaban J connectivity index is 1.90. The summed E-state index contributed by atoms with van der Waals surface area (Å²) in [5.41, 5.74) is 1.32. The van der Waals surface area contributed by atoms with Crippen molar-refractivity contribution < 1.29 is 9.18 Å². The summed E-state index contributed by atoms with van der Waals surface area (Å²) in [6, 6.07) is 11.0. The van der Waals surface area contributed by atoms with E-state index in [0.717, 1.165) is 0 Å². The van der Waals surface area contributed by atoms with Crippen LogP contribution in [0.3, 0.4) is 0 Å². The van der Waals surface area contributed by atoms with Gasteiger partial charge in [-0.15, -0.1) is 0 Å². The van der Waals surface area contributed by atoms with Crippen LogP contribution in [0.25, 0.3) is 0 Å². The highest BCUT2D eigenvalue weighted by Gasteiger charge is 2.05. The Bertz CT molecular complexity index is 619. The Morgan fingerprint density at radius 1 is 1.20 bits per heavy atom. The monoisotopic (exact) mass is 356 g/mol. The summed E-state index contributed by atoms with van der Waals surface area (Å²) >= 11 is 8.98. The molecule has 0 radical (unpaired) electrons. The molecule has 0 unspecified atom stereocenters. The number of anilines is 2. The number of hydrogen-bond donors (Lipinski definition) is 2. The maximum Gasteiger partial charge on any atom is 0.243 e. The van der Waals surface area contributed by atoms with E-state index in [1.165, 1.54) is 12.1 Å². The number of amides is 1. The summed E-state index contributed by atoms with van der Waals surface area (Å²) in [5, 5.41) is 6.25. The van der Waals surface area contributed by atoms with Gasteiger partial charge in [-0.05, 0) is 58.4 Å². The fourth-order valence-electron chi connectivity index (χ4n) is 1.55. The van der Waals surface area contributed by atoms with Gasteiger partial charge in [0.2, 0.25) is 5.91 Å². The summed E-state index contributed by atoms with van der Waals surface area (Å²) in [4.78, 5) is 11.8. The van der Waals surface area contributed by atoms with Gasteiger partial charge < -0.3 is 10.6 Å². The summed E-state index contributed by atoms with van der Waals surface area (Å²) in [7, 11) is 0. The largest absolute Gasteiger partial charge is 0.375 e. The van der Waals surface area contributed by atoms with E-state index in [1.807, 2.05) is 0 Å². The van der Waals surface area contributed by atoms with Crippen LogP contribution < -0.4 is 10.6 Å². The summed E-state index contributed by atoms with van der Waals surface area (Å²) in [6.07, 6.45) is 0. The molecule has 2 N–H and O–H groups in total. The van der Waals surface area contributed by atoms with Crippen molar-refractivity contribution in [3.8, 4) is 0 Å². The zero-order chi connectivity index (χ0) is 14.5. The highest BCUT2D eigenvalue weighted by atomic mass is 79.9. The van der Waals surface area contributed by atoms with Gasteiger partial charge in [0, 0.05) is 20.9 Å². The molecule has 0 spiro atoms. The molecule has 104 valence electrons. The molecular formula is C14H11BrClFN2O. The van der Waals surface area contributed by atoms with Crippen molar-refractivity contribution in [2.24, 2.45) is 0 Å². The molecule has 0 heterocycles. The van der Waals surface area contributed by atoms with E-state index in [1.54, 1.807) is 30.3 Å². The van der Waals surface area contributed by atoms with Crippen LogP contribution in [0.4, 0.5) is 15.8 Å². The minimum Gasteiger partial charge on any atom is -0.375 e. The van der Waals surface area contributed by atoms with Gasteiger partial charge in [0.25, 0.3) is 0 Å². The Kier molecular flexibility index (Phi) is 4.98. The molecule has 0 saturated heterocycles. The minimum atomic E-state index is -0.340. The van der Waals surface area contributed by atoms with Crippen LogP contribution in [-0.2, 0) is 4.79 Å². The first-order valence-electron chi connectivity index (χ1n) is 5.79. The van der Waals surface area contributed by atoms with Crippen molar-refractivity contribution in [1.29, 1.82) is 0 Å². The van der Waals surface area contributed by atoms with Crippen molar-refractivity contribution >= 4 is 44.8 Å². The average molecular weight is 358 g/mol. The molecule has 2 aromatic carbocycles. The lowest BCUT2D eigenvalue weighted by molar-refractivity contribution is -0.114. The molecule has 1 amide bonds. The number of carbonyl (C=O) groups is 1. The van der Waals surface area contributed by atoms with E-state index in [9.17, 15) is 9.18 Å². The first-order chi connectivity index (χ1) is 9.54. The average Bonchev–Trinajstić information content (AvgIpc) is 2.40. The molecule has 0 aliphatic heterocycles. The molecule has 0 aromatic heterocycles. The Labute approximate surface area is 129 Å². The van der Waals surface area contributed by atoms with Gasteiger partial charge in [0.1, 0.15) is 5.82 Å². The molecule has 0 aliphatic carbocycles. The van der Waals surface area contributed by atoms with E-state index >= 15 is 0 Å². The molecule has 20 heavy (non-hydrogen) atoms. The maximum absolute atomic E-state index is 12.9. The number of nitrogens with one attached hydrogen (secondary N) is 2. The first kappa shape index (κ1) is 14.8. The van der Waals surface area contributed by atoms with E-state index < -0.39 is 0 Å². The SMILES string of the molecule is O=C(CNc1ccc(F)cc1Br)Nc1ccc(Cl)cc1. The normalized spacial score (nSPS) is 10.2. The van der Waals surface area contributed by atoms with Crippen LogP contribution in [0.5, 0.6) is 0 Å². The Hall–Kier alpha value is -1.59. The van der Waals surface area contributed by atoms with Crippen LogP contribution in [-0.4, -0.2) is 12.5 Å². The standard InChI is InChI=1S/C14H11BrClFN2O/c15-12-7-10(17)3-6-13(12)18-8-14(20)19-11-4-1-9(16)2-5-11/h1-7,18H,8H2,(H,19,20). The molecule has 0 bridgehead atoms. The zero-order valence-corrected chi connectivity index (χ0v) is 12.6. The van der Waals surface area contributed by atoms with Crippen LogP contribution >= 0.6 is 27.5 Å². The van der Waals surface area contributed by atoms with Gasteiger partial charge >= 0.3 is 0 Å². The van der Waals surface area contributed by atoms with E-state index in [0.29, 0.717) is 20.9 Å². The van der Waals surface area contributed by atoms with Crippen molar-refractivity contribution in [2.75, 3.05) is 17.2 Å². The number of benzene rings is 2. The Morgan fingerprint density at radius 3 is 2.55 bits per heavy atom. The minimum absolute atomic E-state index is 0.0762. The van der Waals surface area contributed by atoms with Crippen molar-refractivity contribution in [1.82, 2.24) is 0 Å². The number of hydrogen-bond acceptors (Lipinski definition) is 2. The first-order valence-corrected chi connectivity index (χ1v) is 6.96. The van der Waals surface area contributed by atoms with Gasteiger partial charge in [-0.3, -0.25) is 4.79 Å². The summed E-state index contributed by atoms with van der Waals surface area (Å²) < 4.78 is 13.5. The molecule has 0 saturated carbocycles. The lowest BCUT2D eigenvalue weighted by atomic mass is 10.3. The maximum atomic E-state index is 12.9. The second-order valence-electron chi connectivity index (χ2n) is 4.03. The summed E-state index contributed by atoms with van der Waals surface area (Å²) in [5.74, 6) is -0.545. The lowest BCUT2D eigenvalue weighted by Crippen LogP contribution is -2.21. The highest BCUT2D eigenvalue weighted by molar-refractivity contribution is 9.10. The third kappa shape index (κ3) is 4.21. The van der Waals surface area contributed by atoms with Crippen LogP contribution in [0.1, 0.15) is 0 Å². The summed E-state index contributed by atoms with van der Waals surface area (Å²) in [6.45, 7) is 0.0762. The van der Waals surface area contributed by atoms with Crippen molar-refractivity contribution in [3.05, 3.63) is 57.8 Å².